The van der Waals surface area contributed by atoms with E-state index in [1.54, 1.807) is 29.1 Å². The van der Waals surface area contributed by atoms with Crippen molar-refractivity contribution < 1.29 is 32.5 Å². The van der Waals surface area contributed by atoms with E-state index in [0.717, 1.165) is 29.1 Å². The molecule has 0 spiro atoms. The second kappa shape index (κ2) is 9.82. The van der Waals surface area contributed by atoms with Gasteiger partial charge in [-0.05, 0) is 54.1 Å². The molecular weight excluding hydrogens is 491 g/mol. The Balaban J connectivity index is 1.83. The molecule has 0 saturated heterocycles. The Morgan fingerprint density at radius 1 is 1.14 bits per heavy atom. The van der Waals surface area contributed by atoms with Crippen molar-refractivity contribution in [2.24, 2.45) is 0 Å². The molecule has 0 fully saturated rings. The lowest BCUT2D eigenvalue weighted by atomic mass is 10.1. The standard InChI is InChI=1S/C25H26F3N3O4Si/c1-36(2,3)13-12-34-15-31-21(18-8-10-29-23-19(18)9-11-30-23)14-20(24(32)33)22(31)16-4-6-17(7-5-16)35-25(26,27)28/h4-11,14H,12-13,15H2,1-3H3,(H,29,30)(H,32,33). The Morgan fingerprint density at radius 3 is 2.50 bits per heavy atom. The Morgan fingerprint density at radius 2 is 1.86 bits per heavy atom. The summed E-state index contributed by atoms with van der Waals surface area (Å²) >= 11 is 0. The molecule has 4 aromatic rings. The van der Waals surface area contributed by atoms with Gasteiger partial charge in [0.05, 0.1) is 17.0 Å². The topological polar surface area (TPSA) is 89.4 Å². The highest BCUT2D eigenvalue weighted by Gasteiger charge is 2.31. The van der Waals surface area contributed by atoms with E-state index in [-0.39, 0.29) is 12.3 Å². The summed E-state index contributed by atoms with van der Waals surface area (Å²) in [5.41, 5.74) is 2.74. The van der Waals surface area contributed by atoms with Crippen LogP contribution in [0.4, 0.5) is 13.2 Å². The monoisotopic (exact) mass is 517 g/mol. The van der Waals surface area contributed by atoms with Crippen molar-refractivity contribution in [2.75, 3.05) is 6.61 Å². The second-order valence-corrected chi connectivity index (χ2v) is 15.2. The van der Waals surface area contributed by atoms with Crippen molar-refractivity contribution in [2.45, 2.75) is 38.8 Å². The van der Waals surface area contributed by atoms with Gasteiger partial charge < -0.3 is 24.1 Å². The molecule has 190 valence electrons. The van der Waals surface area contributed by atoms with Crippen molar-refractivity contribution in [1.82, 2.24) is 14.5 Å². The molecule has 4 rings (SSSR count). The highest BCUT2D eigenvalue weighted by Crippen LogP contribution is 2.37. The van der Waals surface area contributed by atoms with Gasteiger partial charge in [0, 0.05) is 38.0 Å². The minimum Gasteiger partial charge on any atom is -0.478 e. The van der Waals surface area contributed by atoms with Gasteiger partial charge >= 0.3 is 12.3 Å². The number of halogens is 3. The van der Waals surface area contributed by atoms with Crippen molar-refractivity contribution in [1.29, 1.82) is 0 Å². The molecule has 3 aromatic heterocycles. The molecule has 0 aliphatic rings. The average molecular weight is 518 g/mol. The van der Waals surface area contributed by atoms with Gasteiger partial charge in [0.2, 0.25) is 0 Å². The minimum absolute atomic E-state index is 0.00350. The number of alkyl halides is 3. The van der Waals surface area contributed by atoms with Crippen molar-refractivity contribution in [3.63, 3.8) is 0 Å². The van der Waals surface area contributed by atoms with Crippen LogP contribution in [0.1, 0.15) is 10.4 Å². The third-order valence-electron chi connectivity index (χ3n) is 5.64. The zero-order valence-electron chi connectivity index (χ0n) is 20.0. The number of pyridine rings is 1. The van der Waals surface area contributed by atoms with Gasteiger partial charge in [-0.3, -0.25) is 0 Å². The van der Waals surface area contributed by atoms with Gasteiger partial charge in [-0.15, -0.1) is 13.2 Å². The molecular formula is C25H26F3N3O4Si. The number of ether oxygens (including phenoxy) is 2. The van der Waals surface area contributed by atoms with E-state index < -0.39 is 26.2 Å². The lowest BCUT2D eigenvalue weighted by Crippen LogP contribution is -2.22. The molecule has 11 heteroatoms. The molecule has 0 radical (unpaired) electrons. The van der Waals surface area contributed by atoms with Gasteiger partial charge in [-0.25, -0.2) is 9.78 Å². The van der Waals surface area contributed by atoms with Crippen molar-refractivity contribution >= 4 is 25.1 Å². The number of benzene rings is 1. The fourth-order valence-electron chi connectivity index (χ4n) is 3.91. The molecule has 0 bridgehead atoms. The number of nitrogens with one attached hydrogen (secondary N) is 1. The van der Waals surface area contributed by atoms with Gasteiger partial charge in [0.25, 0.3) is 0 Å². The summed E-state index contributed by atoms with van der Waals surface area (Å²) in [6.07, 6.45) is -1.45. The van der Waals surface area contributed by atoms with Gasteiger partial charge in [-0.1, -0.05) is 19.6 Å². The molecule has 0 aliphatic carbocycles. The molecule has 1 aromatic carbocycles. The Hall–Kier alpha value is -3.57. The predicted molar refractivity (Wildman–Crippen MR) is 133 cm³/mol. The quantitative estimate of drug-likeness (QED) is 0.193. The van der Waals surface area contributed by atoms with Crippen LogP contribution >= 0.6 is 0 Å². The first-order valence-electron chi connectivity index (χ1n) is 11.3. The van der Waals surface area contributed by atoms with Crippen molar-refractivity contribution in [3.05, 3.63) is 60.4 Å². The molecule has 2 N–H and O–H groups in total. The zero-order chi connectivity index (χ0) is 26.1. The maximum atomic E-state index is 12.6. The van der Waals surface area contributed by atoms with E-state index >= 15 is 0 Å². The highest BCUT2D eigenvalue weighted by molar-refractivity contribution is 6.76. The number of nitrogens with zero attached hydrogens (tertiary/aromatic N) is 2. The number of H-pyrrole nitrogens is 1. The maximum absolute atomic E-state index is 12.6. The lowest BCUT2D eigenvalue weighted by Gasteiger charge is -2.18. The molecule has 0 unspecified atom stereocenters. The van der Waals surface area contributed by atoms with Gasteiger partial charge in [0.15, 0.2) is 0 Å². The summed E-state index contributed by atoms with van der Waals surface area (Å²) in [6, 6.07) is 11.3. The molecule has 7 nitrogen and oxygen atoms in total. The summed E-state index contributed by atoms with van der Waals surface area (Å²) in [5, 5.41) is 10.8. The summed E-state index contributed by atoms with van der Waals surface area (Å²) in [5.74, 6) is -1.56. The Kier molecular flexibility index (Phi) is 6.96. The number of hydrogen-bond acceptors (Lipinski definition) is 4. The number of aromatic nitrogens is 3. The minimum atomic E-state index is -4.82. The van der Waals surface area contributed by atoms with Crippen LogP contribution in [0.25, 0.3) is 33.5 Å². The van der Waals surface area contributed by atoms with Crippen LogP contribution in [0.15, 0.2) is 54.9 Å². The largest absolute Gasteiger partial charge is 0.573 e. The molecule has 36 heavy (non-hydrogen) atoms. The number of aromatic carboxylic acids is 1. The van der Waals surface area contributed by atoms with E-state index in [1.165, 1.54) is 12.1 Å². The van der Waals surface area contributed by atoms with E-state index in [9.17, 15) is 23.1 Å². The zero-order valence-corrected chi connectivity index (χ0v) is 21.0. The number of aromatic amines is 1. The van der Waals surface area contributed by atoms with Crippen molar-refractivity contribution in [3.8, 4) is 28.3 Å². The smallest absolute Gasteiger partial charge is 0.478 e. The van der Waals surface area contributed by atoms with Crippen LogP contribution < -0.4 is 4.74 Å². The average Bonchev–Trinajstić information content (AvgIpc) is 3.40. The number of rotatable bonds is 9. The first-order chi connectivity index (χ1) is 16.9. The fourth-order valence-corrected chi connectivity index (χ4v) is 4.67. The summed E-state index contributed by atoms with van der Waals surface area (Å²) < 4.78 is 49.6. The molecule has 0 aliphatic heterocycles. The van der Waals surface area contributed by atoms with Crippen LogP contribution in [-0.2, 0) is 11.5 Å². The number of fused-ring (bicyclic) bond motifs is 1. The van der Waals surface area contributed by atoms with E-state index in [0.29, 0.717) is 29.2 Å². The number of carboxylic acids is 1. The summed E-state index contributed by atoms with van der Waals surface area (Å²) in [6.45, 7) is 7.27. The first kappa shape index (κ1) is 25.5. The van der Waals surface area contributed by atoms with E-state index in [2.05, 4.69) is 34.3 Å². The lowest BCUT2D eigenvalue weighted by molar-refractivity contribution is -0.274. The van der Waals surface area contributed by atoms with Crippen LogP contribution in [0.2, 0.25) is 25.7 Å². The fraction of sp³-hybridized carbons (Fsp3) is 0.280. The van der Waals surface area contributed by atoms with Crippen LogP contribution in [0.3, 0.4) is 0 Å². The SMILES string of the molecule is C[Si](C)(C)CCOCn1c(-c2ccnc3[nH]ccc23)cc(C(=O)O)c1-c1ccc(OC(F)(F)F)cc1. The predicted octanol–water partition coefficient (Wildman–Crippen LogP) is 6.61. The number of carboxylic acid groups (broad SMARTS) is 1. The summed E-state index contributed by atoms with van der Waals surface area (Å²) in [7, 11) is -1.36. The third-order valence-corrected chi connectivity index (χ3v) is 7.35. The number of hydrogen-bond donors (Lipinski definition) is 2. The first-order valence-corrected chi connectivity index (χ1v) is 15.0. The third kappa shape index (κ3) is 5.80. The molecule has 0 amide bonds. The normalized spacial score (nSPS) is 12.3. The maximum Gasteiger partial charge on any atom is 0.573 e. The second-order valence-electron chi connectivity index (χ2n) is 9.54. The summed E-state index contributed by atoms with van der Waals surface area (Å²) in [4.78, 5) is 19.6. The van der Waals surface area contributed by atoms with Gasteiger partial charge in [-0.2, -0.15) is 0 Å². The molecule has 3 heterocycles. The van der Waals surface area contributed by atoms with Crippen LogP contribution in [0, 0.1) is 0 Å². The van der Waals surface area contributed by atoms with Crippen LogP contribution in [0.5, 0.6) is 5.75 Å². The Labute approximate surface area is 206 Å². The Bertz CT molecular complexity index is 1370. The molecule has 0 saturated carbocycles. The van der Waals surface area contributed by atoms with E-state index in [4.69, 9.17) is 4.74 Å². The number of carbonyl (C=O) groups is 1. The van der Waals surface area contributed by atoms with Gasteiger partial charge in [0.1, 0.15) is 18.1 Å². The van der Waals surface area contributed by atoms with Crippen LogP contribution in [-0.4, -0.2) is 46.7 Å². The van der Waals surface area contributed by atoms with E-state index in [1.807, 2.05) is 6.07 Å². The molecule has 0 atom stereocenters. The highest BCUT2D eigenvalue weighted by atomic mass is 28.3.